The van der Waals surface area contributed by atoms with Crippen molar-refractivity contribution < 1.29 is 0 Å². The first-order valence-corrected chi connectivity index (χ1v) is 5.88. The molecule has 0 unspecified atom stereocenters. The van der Waals surface area contributed by atoms with Gasteiger partial charge in [0.05, 0.1) is 11.4 Å². The molecular formula is C12H20ClN5. The predicted octanol–water partition coefficient (Wildman–Crippen LogP) is 1.91. The number of aromatic nitrogens is 4. The van der Waals surface area contributed by atoms with Gasteiger partial charge in [-0.1, -0.05) is 0 Å². The van der Waals surface area contributed by atoms with Crippen LogP contribution >= 0.6 is 12.4 Å². The van der Waals surface area contributed by atoms with Gasteiger partial charge >= 0.3 is 0 Å². The van der Waals surface area contributed by atoms with Gasteiger partial charge in [0.2, 0.25) is 0 Å². The third-order valence-electron chi connectivity index (χ3n) is 2.73. The fraction of sp³-hybridized carbons (Fsp3) is 0.500. The SMILES string of the molecule is CC(C)n1ccc(CNCc2ccnn2C)n1.Cl. The predicted molar refractivity (Wildman–Crippen MR) is 73.6 cm³/mol. The molecule has 1 N–H and O–H groups in total. The second kappa shape index (κ2) is 6.56. The van der Waals surface area contributed by atoms with Gasteiger partial charge in [-0.3, -0.25) is 9.36 Å². The molecule has 0 aliphatic rings. The highest BCUT2D eigenvalue weighted by atomic mass is 35.5. The monoisotopic (exact) mass is 269 g/mol. The van der Waals surface area contributed by atoms with Gasteiger partial charge < -0.3 is 5.32 Å². The van der Waals surface area contributed by atoms with Crippen LogP contribution in [0.5, 0.6) is 0 Å². The zero-order chi connectivity index (χ0) is 12.3. The van der Waals surface area contributed by atoms with Crippen LogP contribution in [-0.2, 0) is 20.1 Å². The molecule has 0 saturated carbocycles. The Labute approximate surface area is 114 Å². The summed E-state index contributed by atoms with van der Waals surface area (Å²) < 4.78 is 3.85. The molecule has 0 spiro atoms. The molecule has 0 amide bonds. The molecule has 5 nitrogen and oxygen atoms in total. The summed E-state index contributed by atoms with van der Waals surface area (Å²) in [6.07, 6.45) is 3.83. The summed E-state index contributed by atoms with van der Waals surface area (Å²) in [5, 5.41) is 12.0. The molecule has 0 bridgehead atoms. The Balaban J connectivity index is 0.00000162. The summed E-state index contributed by atoms with van der Waals surface area (Å²) in [5.41, 5.74) is 2.24. The van der Waals surface area contributed by atoms with Crippen LogP contribution in [0.1, 0.15) is 31.3 Å². The van der Waals surface area contributed by atoms with E-state index in [1.165, 1.54) is 5.69 Å². The second-order valence-electron chi connectivity index (χ2n) is 4.43. The first-order valence-electron chi connectivity index (χ1n) is 5.88. The van der Waals surface area contributed by atoms with Crippen LogP contribution in [0.4, 0.5) is 0 Å². The Morgan fingerprint density at radius 1 is 1.28 bits per heavy atom. The van der Waals surface area contributed by atoms with Crippen molar-refractivity contribution in [3.63, 3.8) is 0 Å². The molecule has 0 aromatic carbocycles. The number of nitrogens with zero attached hydrogens (tertiary/aromatic N) is 4. The molecule has 0 saturated heterocycles. The fourth-order valence-electron chi connectivity index (χ4n) is 1.65. The minimum atomic E-state index is 0. The van der Waals surface area contributed by atoms with E-state index in [1.54, 1.807) is 0 Å². The normalized spacial score (nSPS) is 10.7. The molecule has 2 aromatic heterocycles. The second-order valence-corrected chi connectivity index (χ2v) is 4.43. The number of hydrogen-bond acceptors (Lipinski definition) is 3. The topological polar surface area (TPSA) is 47.7 Å². The Morgan fingerprint density at radius 2 is 2.06 bits per heavy atom. The number of halogens is 1. The van der Waals surface area contributed by atoms with E-state index in [2.05, 4.69) is 35.4 Å². The first-order chi connectivity index (χ1) is 8.16. The van der Waals surface area contributed by atoms with Gasteiger partial charge in [-0.2, -0.15) is 10.2 Å². The molecule has 6 heteroatoms. The molecule has 2 heterocycles. The Bertz CT molecular complexity index is 474. The van der Waals surface area contributed by atoms with Crippen molar-refractivity contribution in [1.82, 2.24) is 24.9 Å². The van der Waals surface area contributed by atoms with Gasteiger partial charge in [-0.05, 0) is 26.0 Å². The quantitative estimate of drug-likeness (QED) is 0.902. The Kier molecular flexibility index (Phi) is 5.37. The van der Waals surface area contributed by atoms with Crippen LogP contribution in [0, 0.1) is 0 Å². The Morgan fingerprint density at radius 3 is 2.61 bits per heavy atom. The zero-order valence-corrected chi connectivity index (χ0v) is 11.8. The van der Waals surface area contributed by atoms with Crippen molar-refractivity contribution in [3.05, 3.63) is 35.9 Å². The van der Waals surface area contributed by atoms with Crippen LogP contribution in [-0.4, -0.2) is 19.6 Å². The maximum absolute atomic E-state index is 4.48. The summed E-state index contributed by atoms with van der Waals surface area (Å²) in [7, 11) is 1.95. The molecule has 0 fully saturated rings. The third kappa shape index (κ3) is 3.58. The number of nitrogens with one attached hydrogen (secondary N) is 1. The van der Waals surface area contributed by atoms with Crippen LogP contribution in [0.2, 0.25) is 0 Å². The molecule has 2 aromatic rings. The average molecular weight is 270 g/mol. The zero-order valence-electron chi connectivity index (χ0n) is 11.0. The van der Waals surface area contributed by atoms with Gasteiger partial charge in [0.15, 0.2) is 0 Å². The van der Waals surface area contributed by atoms with E-state index in [9.17, 15) is 0 Å². The molecule has 0 atom stereocenters. The summed E-state index contributed by atoms with van der Waals surface area (Å²) in [6.45, 7) is 5.84. The maximum atomic E-state index is 4.48. The van der Waals surface area contributed by atoms with Gasteiger partial charge in [-0.15, -0.1) is 12.4 Å². The summed E-state index contributed by atoms with van der Waals surface area (Å²) >= 11 is 0. The van der Waals surface area contributed by atoms with Crippen molar-refractivity contribution in [3.8, 4) is 0 Å². The van der Waals surface area contributed by atoms with Gasteiger partial charge in [-0.25, -0.2) is 0 Å². The lowest BCUT2D eigenvalue weighted by Gasteiger charge is -2.05. The van der Waals surface area contributed by atoms with Gasteiger partial charge in [0.1, 0.15) is 0 Å². The molecule has 2 rings (SSSR count). The van der Waals surface area contributed by atoms with Crippen molar-refractivity contribution in [1.29, 1.82) is 0 Å². The number of hydrogen-bond donors (Lipinski definition) is 1. The third-order valence-corrected chi connectivity index (χ3v) is 2.73. The van der Waals surface area contributed by atoms with Gasteiger partial charge in [0, 0.05) is 38.6 Å². The van der Waals surface area contributed by atoms with Crippen molar-refractivity contribution in [2.24, 2.45) is 7.05 Å². The molecular weight excluding hydrogens is 250 g/mol. The molecule has 18 heavy (non-hydrogen) atoms. The highest BCUT2D eigenvalue weighted by Gasteiger charge is 2.02. The van der Waals surface area contributed by atoms with Gasteiger partial charge in [0.25, 0.3) is 0 Å². The Hall–Kier alpha value is -1.33. The highest BCUT2D eigenvalue weighted by molar-refractivity contribution is 5.85. The molecule has 0 radical (unpaired) electrons. The fourth-order valence-corrected chi connectivity index (χ4v) is 1.65. The van der Waals surface area contributed by atoms with E-state index in [0.717, 1.165) is 18.8 Å². The molecule has 0 aliphatic carbocycles. The molecule has 100 valence electrons. The lowest BCUT2D eigenvalue weighted by Crippen LogP contribution is -2.16. The minimum Gasteiger partial charge on any atom is -0.305 e. The largest absolute Gasteiger partial charge is 0.305 e. The van der Waals surface area contributed by atoms with Crippen molar-refractivity contribution in [2.75, 3.05) is 0 Å². The standard InChI is InChI=1S/C12H19N5.ClH/c1-10(2)17-7-5-11(15-17)8-13-9-12-4-6-14-16(12)3;/h4-7,10,13H,8-9H2,1-3H3;1H. The molecule has 0 aliphatic heterocycles. The van der Waals surface area contributed by atoms with E-state index in [-0.39, 0.29) is 12.4 Å². The lowest BCUT2D eigenvalue weighted by molar-refractivity contribution is 0.520. The number of aryl methyl sites for hydroxylation is 1. The van der Waals surface area contributed by atoms with Crippen LogP contribution < -0.4 is 5.32 Å². The lowest BCUT2D eigenvalue weighted by atomic mass is 10.4. The van der Waals surface area contributed by atoms with Crippen LogP contribution in [0.25, 0.3) is 0 Å². The smallest absolute Gasteiger partial charge is 0.0762 e. The average Bonchev–Trinajstić information content (AvgIpc) is 2.89. The summed E-state index contributed by atoms with van der Waals surface area (Å²) in [4.78, 5) is 0. The van der Waals surface area contributed by atoms with Crippen LogP contribution in [0.3, 0.4) is 0 Å². The van der Waals surface area contributed by atoms with Crippen LogP contribution in [0.15, 0.2) is 24.5 Å². The maximum Gasteiger partial charge on any atom is 0.0762 e. The first kappa shape index (κ1) is 14.7. The van der Waals surface area contributed by atoms with E-state index >= 15 is 0 Å². The van der Waals surface area contributed by atoms with E-state index < -0.39 is 0 Å². The highest BCUT2D eigenvalue weighted by Crippen LogP contribution is 2.04. The van der Waals surface area contributed by atoms with E-state index in [0.29, 0.717) is 6.04 Å². The van der Waals surface area contributed by atoms with Crippen molar-refractivity contribution in [2.45, 2.75) is 33.0 Å². The van der Waals surface area contributed by atoms with E-state index in [4.69, 9.17) is 0 Å². The number of rotatable bonds is 5. The summed E-state index contributed by atoms with van der Waals surface area (Å²) in [6, 6.07) is 4.48. The minimum absolute atomic E-state index is 0. The van der Waals surface area contributed by atoms with Crippen molar-refractivity contribution >= 4 is 12.4 Å². The van der Waals surface area contributed by atoms with E-state index in [1.807, 2.05) is 34.9 Å². The summed E-state index contributed by atoms with van der Waals surface area (Å²) in [5.74, 6) is 0.